The van der Waals surface area contributed by atoms with Gasteiger partial charge in [-0.3, -0.25) is 9.71 Å². The fourth-order valence-corrected chi connectivity index (χ4v) is 4.46. The van der Waals surface area contributed by atoms with Gasteiger partial charge < -0.3 is 0 Å². The highest BCUT2D eigenvalue weighted by Gasteiger charge is 2.31. The summed E-state index contributed by atoms with van der Waals surface area (Å²) in [7, 11) is -4.22. The smallest absolute Gasteiger partial charge is 0.280 e. The Balaban J connectivity index is 1.41. The highest BCUT2D eigenvalue weighted by atomic mass is 32.2. The van der Waals surface area contributed by atoms with Gasteiger partial charge in [-0.2, -0.15) is 22.8 Å². The Kier molecular flexibility index (Phi) is 5.44. The Bertz CT molecular complexity index is 1620. The molecule has 0 radical (unpaired) electrons. The number of hydrogen-bond donors (Lipinski definition) is 1. The lowest BCUT2D eigenvalue weighted by molar-refractivity contribution is -0.137. The zero-order valence-electron chi connectivity index (χ0n) is 17.7. The van der Waals surface area contributed by atoms with E-state index < -0.39 is 26.7 Å². The predicted octanol–water partition coefficient (Wildman–Crippen LogP) is 4.67. The molecule has 8 nitrogen and oxygen atoms in total. The Morgan fingerprint density at radius 1 is 0.829 bits per heavy atom. The standard InChI is InChI=1S/C23H15F3N6O2S/c24-23(25,26)16-4-3-5-18(14-16)35(33,34)31-17-9-7-15(8-10-17)19-11-12-21-28-29-22(32(21)30-19)20-6-1-2-13-27-20/h1-14,31H. The number of benzene rings is 2. The molecule has 0 amide bonds. The van der Waals surface area contributed by atoms with Crippen LogP contribution in [0.5, 0.6) is 0 Å². The average Bonchev–Trinajstić information content (AvgIpc) is 3.28. The van der Waals surface area contributed by atoms with Crippen LogP contribution in [0.4, 0.5) is 18.9 Å². The second kappa shape index (κ2) is 8.47. The third-order valence-electron chi connectivity index (χ3n) is 5.06. The molecule has 0 saturated carbocycles. The van der Waals surface area contributed by atoms with E-state index in [0.717, 1.165) is 18.2 Å². The van der Waals surface area contributed by atoms with Crippen LogP contribution in [0.3, 0.4) is 0 Å². The molecular weight excluding hydrogens is 481 g/mol. The molecule has 35 heavy (non-hydrogen) atoms. The van der Waals surface area contributed by atoms with E-state index in [4.69, 9.17) is 0 Å². The molecule has 5 aromatic rings. The van der Waals surface area contributed by atoms with Gasteiger partial charge in [-0.1, -0.05) is 24.3 Å². The number of pyridine rings is 1. The highest BCUT2D eigenvalue weighted by molar-refractivity contribution is 7.92. The first-order valence-electron chi connectivity index (χ1n) is 10.2. The number of rotatable bonds is 5. The quantitative estimate of drug-likeness (QED) is 0.379. The summed E-state index contributed by atoms with van der Waals surface area (Å²) in [5.74, 6) is 0.466. The molecule has 3 heterocycles. The first-order valence-corrected chi connectivity index (χ1v) is 11.6. The maximum absolute atomic E-state index is 13.0. The van der Waals surface area contributed by atoms with E-state index >= 15 is 0 Å². The molecule has 0 aliphatic rings. The van der Waals surface area contributed by atoms with Crippen molar-refractivity contribution >= 4 is 21.4 Å². The second-order valence-corrected chi connectivity index (χ2v) is 9.12. The molecule has 176 valence electrons. The second-order valence-electron chi connectivity index (χ2n) is 7.44. The van der Waals surface area contributed by atoms with E-state index in [9.17, 15) is 21.6 Å². The number of hydrogen-bond acceptors (Lipinski definition) is 6. The van der Waals surface area contributed by atoms with E-state index in [2.05, 4.69) is 25.0 Å². The molecule has 12 heteroatoms. The van der Waals surface area contributed by atoms with Crippen molar-refractivity contribution in [2.75, 3.05) is 4.72 Å². The van der Waals surface area contributed by atoms with Gasteiger partial charge in [0.05, 0.1) is 16.2 Å². The monoisotopic (exact) mass is 496 g/mol. The normalized spacial score (nSPS) is 12.1. The SMILES string of the molecule is O=S(=O)(Nc1ccc(-c2ccc3nnc(-c4ccccn4)n3n2)cc1)c1cccc(C(F)(F)F)c1. The molecule has 0 aliphatic carbocycles. The van der Waals surface area contributed by atoms with Crippen LogP contribution in [-0.4, -0.2) is 33.2 Å². The molecule has 0 spiro atoms. The van der Waals surface area contributed by atoms with Crippen molar-refractivity contribution in [1.82, 2.24) is 24.8 Å². The van der Waals surface area contributed by atoms with Crippen molar-refractivity contribution in [1.29, 1.82) is 0 Å². The third-order valence-corrected chi connectivity index (χ3v) is 6.44. The first-order chi connectivity index (χ1) is 16.7. The van der Waals surface area contributed by atoms with Crippen LogP contribution in [0.2, 0.25) is 0 Å². The summed E-state index contributed by atoms with van der Waals surface area (Å²) in [6.45, 7) is 0. The van der Waals surface area contributed by atoms with Crippen molar-refractivity contribution in [2.24, 2.45) is 0 Å². The Hall–Kier alpha value is -4.32. The maximum atomic E-state index is 13.0. The lowest BCUT2D eigenvalue weighted by atomic mass is 10.1. The van der Waals surface area contributed by atoms with Crippen molar-refractivity contribution in [2.45, 2.75) is 11.1 Å². The van der Waals surface area contributed by atoms with Gasteiger partial charge in [0.15, 0.2) is 5.65 Å². The van der Waals surface area contributed by atoms with Crippen molar-refractivity contribution < 1.29 is 21.6 Å². The third kappa shape index (κ3) is 4.55. The lowest BCUT2D eigenvalue weighted by Gasteiger charge is -2.11. The summed E-state index contributed by atoms with van der Waals surface area (Å²) >= 11 is 0. The number of nitrogens with one attached hydrogen (secondary N) is 1. The minimum atomic E-state index is -4.65. The van der Waals surface area contributed by atoms with Crippen LogP contribution in [0, 0.1) is 0 Å². The number of halogens is 3. The minimum absolute atomic E-state index is 0.186. The van der Waals surface area contributed by atoms with Gasteiger partial charge >= 0.3 is 6.18 Å². The number of alkyl halides is 3. The fourth-order valence-electron chi connectivity index (χ4n) is 3.36. The molecule has 0 atom stereocenters. The Labute approximate surface area is 197 Å². The van der Waals surface area contributed by atoms with Crippen LogP contribution < -0.4 is 4.72 Å². The van der Waals surface area contributed by atoms with Crippen LogP contribution in [0.25, 0.3) is 28.4 Å². The van der Waals surface area contributed by atoms with Crippen LogP contribution in [-0.2, 0) is 16.2 Å². The Morgan fingerprint density at radius 2 is 1.63 bits per heavy atom. The number of fused-ring (bicyclic) bond motifs is 1. The molecule has 3 aromatic heterocycles. The number of nitrogens with zero attached hydrogens (tertiary/aromatic N) is 5. The number of anilines is 1. The largest absolute Gasteiger partial charge is 0.416 e. The fraction of sp³-hybridized carbons (Fsp3) is 0.0435. The van der Waals surface area contributed by atoms with E-state index in [0.29, 0.717) is 34.5 Å². The molecule has 1 N–H and O–H groups in total. The Morgan fingerprint density at radius 3 is 2.34 bits per heavy atom. The van der Waals surface area contributed by atoms with Crippen LogP contribution in [0.15, 0.2) is 90.0 Å². The van der Waals surface area contributed by atoms with E-state index in [1.807, 2.05) is 6.07 Å². The zero-order chi connectivity index (χ0) is 24.6. The first kappa shape index (κ1) is 22.5. The summed E-state index contributed by atoms with van der Waals surface area (Å²) in [6.07, 6.45) is -3.01. The highest BCUT2D eigenvalue weighted by Crippen LogP contribution is 2.31. The molecule has 0 unspecified atom stereocenters. The van der Waals surface area contributed by atoms with Crippen LogP contribution in [0.1, 0.15) is 5.56 Å². The summed E-state index contributed by atoms with van der Waals surface area (Å²) in [4.78, 5) is 3.78. The minimum Gasteiger partial charge on any atom is -0.280 e. The van der Waals surface area contributed by atoms with Crippen molar-refractivity contribution in [3.63, 3.8) is 0 Å². The molecule has 0 saturated heterocycles. The van der Waals surface area contributed by atoms with Crippen molar-refractivity contribution in [3.05, 3.63) is 90.6 Å². The molecule has 2 aromatic carbocycles. The summed E-state index contributed by atoms with van der Waals surface area (Å²) < 4.78 is 67.9. The van der Waals surface area contributed by atoms with Gasteiger partial charge in [-0.05, 0) is 54.6 Å². The van der Waals surface area contributed by atoms with Gasteiger partial charge in [0.25, 0.3) is 10.0 Å². The van der Waals surface area contributed by atoms with Gasteiger partial charge in [0, 0.05) is 17.4 Å². The van der Waals surface area contributed by atoms with E-state index in [1.54, 1.807) is 47.1 Å². The van der Waals surface area contributed by atoms with Crippen LogP contribution >= 0.6 is 0 Å². The summed E-state index contributed by atoms with van der Waals surface area (Å²) in [6, 6.07) is 18.7. The summed E-state index contributed by atoms with van der Waals surface area (Å²) in [5.41, 5.74) is 1.52. The lowest BCUT2D eigenvalue weighted by Crippen LogP contribution is -2.14. The number of aromatic nitrogens is 5. The topological polar surface area (TPSA) is 102 Å². The van der Waals surface area contributed by atoms with E-state index in [-0.39, 0.29) is 5.69 Å². The van der Waals surface area contributed by atoms with Gasteiger partial charge in [-0.25, -0.2) is 8.42 Å². The molecule has 0 aliphatic heterocycles. The maximum Gasteiger partial charge on any atom is 0.416 e. The van der Waals surface area contributed by atoms with Crippen molar-refractivity contribution in [3.8, 4) is 22.8 Å². The van der Waals surface area contributed by atoms with Gasteiger partial charge in [-0.15, -0.1) is 10.2 Å². The van der Waals surface area contributed by atoms with Gasteiger partial charge in [0.1, 0.15) is 5.69 Å². The number of sulfonamides is 1. The zero-order valence-corrected chi connectivity index (χ0v) is 18.5. The predicted molar refractivity (Wildman–Crippen MR) is 122 cm³/mol. The average molecular weight is 496 g/mol. The molecule has 0 fully saturated rings. The molecule has 5 rings (SSSR count). The molecule has 0 bridgehead atoms. The van der Waals surface area contributed by atoms with Gasteiger partial charge in [0.2, 0.25) is 5.82 Å². The van der Waals surface area contributed by atoms with E-state index in [1.165, 1.54) is 12.1 Å². The molecular formula is C23H15F3N6O2S. The summed E-state index contributed by atoms with van der Waals surface area (Å²) in [5, 5.41) is 12.8.